The molecule has 0 aliphatic carbocycles. The number of benzene rings is 1. The Morgan fingerprint density at radius 3 is 2.70 bits per heavy atom. The van der Waals surface area contributed by atoms with Crippen LogP contribution in [-0.4, -0.2) is 33.2 Å². The third-order valence-electron chi connectivity index (χ3n) is 4.75. The summed E-state index contributed by atoms with van der Waals surface area (Å²) in [7, 11) is 3.04. The highest BCUT2D eigenvalue weighted by molar-refractivity contribution is 6.05. The Morgan fingerprint density at radius 1 is 1.26 bits per heavy atom. The lowest BCUT2D eigenvalue weighted by molar-refractivity contribution is 0.102. The van der Waals surface area contributed by atoms with Gasteiger partial charge in [0.05, 0.1) is 19.9 Å². The quantitative estimate of drug-likeness (QED) is 0.839. The molecular weight excluding hydrogens is 348 g/mol. The van der Waals surface area contributed by atoms with Gasteiger partial charge in [-0.2, -0.15) is 0 Å². The van der Waals surface area contributed by atoms with Gasteiger partial charge in [-0.25, -0.2) is 4.79 Å². The molecule has 1 fully saturated rings. The van der Waals surface area contributed by atoms with Gasteiger partial charge in [-0.15, -0.1) is 0 Å². The third kappa shape index (κ3) is 4.14. The van der Waals surface area contributed by atoms with Crippen molar-refractivity contribution >= 4 is 11.6 Å². The summed E-state index contributed by atoms with van der Waals surface area (Å²) in [6.45, 7) is 3.50. The van der Waals surface area contributed by atoms with E-state index in [1.807, 2.05) is 0 Å². The van der Waals surface area contributed by atoms with Crippen molar-refractivity contribution in [3.8, 4) is 11.5 Å². The number of methoxy groups -OCH3 is 2. The van der Waals surface area contributed by atoms with E-state index < -0.39 is 11.5 Å². The molecule has 1 unspecified atom stereocenters. The van der Waals surface area contributed by atoms with Gasteiger partial charge < -0.3 is 24.5 Å². The molecule has 144 valence electrons. The van der Waals surface area contributed by atoms with E-state index in [1.54, 1.807) is 38.3 Å². The summed E-state index contributed by atoms with van der Waals surface area (Å²) in [6.07, 6.45) is 2.00. The van der Waals surface area contributed by atoms with Crippen LogP contribution in [-0.2, 0) is 0 Å². The number of nitrogens with one attached hydrogen (secondary N) is 2. The molecule has 3 rings (SSSR count). The smallest absolute Gasteiger partial charge is 0.349 e. The van der Waals surface area contributed by atoms with E-state index in [-0.39, 0.29) is 11.5 Å². The predicted molar refractivity (Wildman–Crippen MR) is 102 cm³/mol. The average molecular weight is 372 g/mol. The Hall–Kier alpha value is -2.80. The molecule has 0 spiro atoms. The first-order valence-electron chi connectivity index (χ1n) is 8.92. The van der Waals surface area contributed by atoms with E-state index in [0.29, 0.717) is 28.5 Å². The van der Waals surface area contributed by atoms with Crippen molar-refractivity contribution in [2.24, 2.45) is 0 Å². The normalized spacial score (nSPS) is 16.6. The number of carbonyl (C=O) groups is 1. The molecule has 1 aliphatic heterocycles. The zero-order valence-electron chi connectivity index (χ0n) is 15.8. The topological polar surface area (TPSA) is 89.8 Å². The van der Waals surface area contributed by atoms with Crippen LogP contribution in [0.2, 0.25) is 0 Å². The zero-order valence-corrected chi connectivity index (χ0v) is 15.8. The molecule has 0 bridgehead atoms. The van der Waals surface area contributed by atoms with Gasteiger partial charge in [0, 0.05) is 18.5 Å². The molecule has 1 aliphatic rings. The SMILES string of the molecule is COc1ccc(NC(=O)c2c(C)cc(C3CCCNC3)oc2=O)c(OC)c1. The molecule has 0 saturated carbocycles. The van der Waals surface area contributed by atoms with Crippen LogP contribution in [0.15, 0.2) is 33.5 Å². The van der Waals surface area contributed by atoms with Gasteiger partial charge in [0.25, 0.3) is 5.91 Å². The Kier molecular flexibility index (Phi) is 5.81. The van der Waals surface area contributed by atoms with Gasteiger partial charge in [-0.3, -0.25) is 4.79 Å². The van der Waals surface area contributed by atoms with Crippen molar-refractivity contribution in [1.82, 2.24) is 5.32 Å². The van der Waals surface area contributed by atoms with Crippen molar-refractivity contribution in [3.63, 3.8) is 0 Å². The van der Waals surface area contributed by atoms with Crippen molar-refractivity contribution in [1.29, 1.82) is 0 Å². The van der Waals surface area contributed by atoms with Crippen LogP contribution < -0.4 is 25.7 Å². The lowest BCUT2D eigenvalue weighted by atomic mass is 9.95. The number of carbonyl (C=O) groups excluding carboxylic acids is 1. The molecule has 2 N–H and O–H groups in total. The largest absolute Gasteiger partial charge is 0.497 e. The lowest BCUT2D eigenvalue weighted by Gasteiger charge is -2.22. The van der Waals surface area contributed by atoms with E-state index >= 15 is 0 Å². The standard InChI is InChI=1S/C20H24N2O5/c1-12-9-16(13-5-4-8-21-11-13)27-20(24)18(12)19(23)22-15-7-6-14(25-2)10-17(15)26-3/h6-7,9-10,13,21H,4-5,8,11H2,1-3H3,(H,22,23). The molecule has 1 saturated heterocycles. The highest BCUT2D eigenvalue weighted by atomic mass is 16.5. The minimum absolute atomic E-state index is 0.000361. The molecule has 0 radical (unpaired) electrons. The highest BCUT2D eigenvalue weighted by Gasteiger charge is 2.23. The lowest BCUT2D eigenvalue weighted by Crippen LogP contribution is -2.30. The van der Waals surface area contributed by atoms with Crippen LogP contribution in [0, 0.1) is 6.92 Å². The molecule has 7 nitrogen and oxygen atoms in total. The van der Waals surface area contributed by atoms with Gasteiger partial charge in [-0.05, 0) is 50.1 Å². The van der Waals surface area contributed by atoms with E-state index in [2.05, 4.69) is 10.6 Å². The number of hydrogen-bond donors (Lipinski definition) is 2. The summed E-state index contributed by atoms with van der Waals surface area (Å²) in [5.41, 5.74) is 0.417. The monoisotopic (exact) mass is 372 g/mol. The van der Waals surface area contributed by atoms with Crippen molar-refractivity contribution in [3.05, 3.63) is 51.6 Å². The number of hydrogen-bond acceptors (Lipinski definition) is 6. The number of piperidine rings is 1. The first kappa shape index (κ1) is 19.0. The molecule has 2 aromatic rings. The molecule has 1 aromatic heterocycles. The van der Waals surface area contributed by atoms with Crippen LogP contribution in [0.5, 0.6) is 11.5 Å². The third-order valence-corrected chi connectivity index (χ3v) is 4.75. The fourth-order valence-corrected chi connectivity index (χ4v) is 3.29. The molecule has 7 heteroatoms. The molecule has 1 atom stereocenters. The van der Waals surface area contributed by atoms with Crippen LogP contribution in [0.4, 0.5) is 5.69 Å². The summed E-state index contributed by atoms with van der Waals surface area (Å²) >= 11 is 0. The first-order valence-corrected chi connectivity index (χ1v) is 8.92. The Morgan fingerprint density at radius 2 is 2.07 bits per heavy atom. The Labute approximate surface area is 157 Å². The first-order chi connectivity index (χ1) is 13.0. The van der Waals surface area contributed by atoms with E-state index in [0.717, 1.165) is 25.9 Å². The van der Waals surface area contributed by atoms with Crippen molar-refractivity contribution < 1.29 is 18.7 Å². The summed E-state index contributed by atoms with van der Waals surface area (Å²) in [4.78, 5) is 25.2. The van der Waals surface area contributed by atoms with Crippen LogP contribution in [0.1, 0.15) is 40.4 Å². The maximum absolute atomic E-state index is 12.7. The fraction of sp³-hybridized carbons (Fsp3) is 0.400. The summed E-state index contributed by atoms with van der Waals surface area (Å²) in [5.74, 6) is 1.30. The van der Waals surface area contributed by atoms with Gasteiger partial charge in [0.15, 0.2) is 0 Å². The zero-order chi connectivity index (χ0) is 19.4. The summed E-state index contributed by atoms with van der Waals surface area (Å²) < 4.78 is 15.9. The predicted octanol–water partition coefficient (Wildman–Crippen LogP) is 2.68. The number of anilines is 1. The minimum atomic E-state index is -0.624. The van der Waals surface area contributed by atoms with Crippen LogP contribution >= 0.6 is 0 Å². The van der Waals surface area contributed by atoms with E-state index in [9.17, 15) is 9.59 Å². The van der Waals surface area contributed by atoms with Gasteiger partial charge in [-0.1, -0.05) is 0 Å². The highest BCUT2D eigenvalue weighted by Crippen LogP contribution is 2.29. The van der Waals surface area contributed by atoms with Gasteiger partial charge in [0.2, 0.25) is 0 Å². The van der Waals surface area contributed by atoms with E-state index in [4.69, 9.17) is 13.9 Å². The molecule has 1 amide bonds. The van der Waals surface area contributed by atoms with Crippen molar-refractivity contribution in [2.75, 3.05) is 32.6 Å². The molecule has 27 heavy (non-hydrogen) atoms. The summed E-state index contributed by atoms with van der Waals surface area (Å²) in [6, 6.07) is 6.81. The maximum Gasteiger partial charge on any atom is 0.349 e. The number of amides is 1. The van der Waals surface area contributed by atoms with Gasteiger partial charge in [0.1, 0.15) is 22.8 Å². The number of rotatable bonds is 5. The molecule has 1 aromatic carbocycles. The number of ether oxygens (including phenoxy) is 2. The Bertz CT molecular complexity index is 884. The van der Waals surface area contributed by atoms with Gasteiger partial charge >= 0.3 is 5.63 Å². The minimum Gasteiger partial charge on any atom is -0.497 e. The second kappa shape index (κ2) is 8.26. The fourth-order valence-electron chi connectivity index (χ4n) is 3.29. The molecule has 2 heterocycles. The van der Waals surface area contributed by atoms with Crippen LogP contribution in [0.25, 0.3) is 0 Å². The maximum atomic E-state index is 12.7. The number of aryl methyl sites for hydroxylation is 1. The summed E-state index contributed by atoms with van der Waals surface area (Å²) in [5, 5.41) is 6.02. The van der Waals surface area contributed by atoms with Crippen molar-refractivity contribution in [2.45, 2.75) is 25.7 Å². The van der Waals surface area contributed by atoms with Crippen LogP contribution in [0.3, 0.4) is 0 Å². The second-order valence-electron chi connectivity index (χ2n) is 6.56. The Balaban J connectivity index is 1.86. The average Bonchev–Trinajstić information content (AvgIpc) is 2.68. The second-order valence-corrected chi connectivity index (χ2v) is 6.56. The molecular formula is C20H24N2O5. The van der Waals surface area contributed by atoms with E-state index in [1.165, 1.54) is 7.11 Å².